The normalized spacial score (nSPS) is 36.2. The Balaban J connectivity index is 1.79. The smallest absolute Gasteiger partial charge is 0.0345 e. The van der Waals surface area contributed by atoms with Crippen molar-refractivity contribution in [1.29, 1.82) is 0 Å². The standard InChI is InChI=1S/C11H22N2/c1-9-3-5-10(6-4-9)13(2)11-7-12-8-11/h9-12H,3-8H2,1-2H3. The predicted octanol–water partition coefficient (Wildman–Crippen LogP) is 1.47. The van der Waals surface area contributed by atoms with Crippen molar-refractivity contribution < 1.29 is 0 Å². The molecule has 1 N–H and O–H groups in total. The summed E-state index contributed by atoms with van der Waals surface area (Å²) in [4.78, 5) is 2.61. The van der Waals surface area contributed by atoms with E-state index >= 15 is 0 Å². The average molecular weight is 182 g/mol. The Hall–Kier alpha value is -0.0800. The number of hydrogen-bond donors (Lipinski definition) is 1. The maximum atomic E-state index is 3.35. The summed E-state index contributed by atoms with van der Waals surface area (Å²) in [5.41, 5.74) is 0. The highest BCUT2D eigenvalue weighted by Crippen LogP contribution is 2.27. The van der Waals surface area contributed by atoms with Gasteiger partial charge in [0.05, 0.1) is 0 Å². The second kappa shape index (κ2) is 3.97. The van der Waals surface area contributed by atoms with Crippen molar-refractivity contribution >= 4 is 0 Å². The molecule has 2 heteroatoms. The molecule has 1 saturated heterocycles. The van der Waals surface area contributed by atoms with E-state index in [2.05, 4.69) is 24.2 Å². The van der Waals surface area contributed by atoms with Gasteiger partial charge in [0.2, 0.25) is 0 Å². The molecule has 0 atom stereocenters. The van der Waals surface area contributed by atoms with Crippen molar-refractivity contribution in [2.45, 2.75) is 44.7 Å². The molecule has 2 fully saturated rings. The van der Waals surface area contributed by atoms with E-state index in [1.165, 1.54) is 38.8 Å². The molecule has 0 unspecified atom stereocenters. The first kappa shape index (κ1) is 9.47. The first-order chi connectivity index (χ1) is 6.27. The molecular weight excluding hydrogens is 160 g/mol. The van der Waals surface area contributed by atoms with Gasteiger partial charge in [0.25, 0.3) is 0 Å². The Morgan fingerprint density at radius 3 is 2.08 bits per heavy atom. The molecule has 1 aliphatic carbocycles. The Labute approximate surface area is 81.7 Å². The van der Waals surface area contributed by atoms with Gasteiger partial charge < -0.3 is 5.32 Å². The highest BCUT2D eigenvalue weighted by Gasteiger charge is 2.29. The van der Waals surface area contributed by atoms with E-state index in [9.17, 15) is 0 Å². The molecule has 13 heavy (non-hydrogen) atoms. The van der Waals surface area contributed by atoms with Crippen LogP contribution in [-0.2, 0) is 0 Å². The maximum Gasteiger partial charge on any atom is 0.0345 e. The first-order valence-corrected chi connectivity index (χ1v) is 5.70. The molecule has 76 valence electrons. The van der Waals surface area contributed by atoms with Crippen molar-refractivity contribution in [3.63, 3.8) is 0 Å². The van der Waals surface area contributed by atoms with Gasteiger partial charge in [-0.3, -0.25) is 4.90 Å². The monoisotopic (exact) mass is 182 g/mol. The summed E-state index contributed by atoms with van der Waals surface area (Å²) >= 11 is 0. The molecule has 0 aromatic heterocycles. The van der Waals surface area contributed by atoms with E-state index in [0.29, 0.717) is 0 Å². The fraction of sp³-hybridized carbons (Fsp3) is 1.00. The highest BCUT2D eigenvalue weighted by molar-refractivity contribution is 4.88. The summed E-state index contributed by atoms with van der Waals surface area (Å²) in [7, 11) is 2.31. The van der Waals surface area contributed by atoms with Crippen molar-refractivity contribution in [2.24, 2.45) is 5.92 Å². The lowest BCUT2D eigenvalue weighted by Crippen LogP contribution is -2.58. The summed E-state index contributed by atoms with van der Waals surface area (Å²) in [5.74, 6) is 0.976. The van der Waals surface area contributed by atoms with Crippen LogP contribution in [0.1, 0.15) is 32.6 Å². The maximum absolute atomic E-state index is 3.35. The molecule has 1 saturated carbocycles. The zero-order chi connectivity index (χ0) is 9.26. The summed E-state index contributed by atoms with van der Waals surface area (Å²) < 4.78 is 0. The third-order valence-corrected chi connectivity index (χ3v) is 3.90. The second-order valence-corrected chi connectivity index (χ2v) is 4.89. The molecule has 2 nitrogen and oxygen atoms in total. The fourth-order valence-electron chi connectivity index (χ4n) is 2.51. The quantitative estimate of drug-likeness (QED) is 0.695. The lowest BCUT2D eigenvalue weighted by molar-refractivity contribution is 0.0926. The third kappa shape index (κ3) is 2.05. The van der Waals surface area contributed by atoms with Crippen molar-refractivity contribution in [1.82, 2.24) is 10.2 Å². The second-order valence-electron chi connectivity index (χ2n) is 4.89. The Kier molecular flexibility index (Phi) is 2.89. The van der Waals surface area contributed by atoms with E-state index in [1.54, 1.807) is 0 Å². The zero-order valence-corrected chi connectivity index (χ0v) is 8.92. The summed E-state index contributed by atoms with van der Waals surface area (Å²) in [6, 6.07) is 1.71. The predicted molar refractivity (Wildman–Crippen MR) is 55.8 cm³/mol. The van der Waals surface area contributed by atoms with E-state index < -0.39 is 0 Å². The van der Waals surface area contributed by atoms with Crippen molar-refractivity contribution in [3.05, 3.63) is 0 Å². The van der Waals surface area contributed by atoms with Crippen LogP contribution in [0.4, 0.5) is 0 Å². The lowest BCUT2D eigenvalue weighted by Gasteiger charge is -2.42. The van der Waals surface area contributed by atoms with Crippen LogP contribution in [0.2, 0.25) is 0 Å². The largest absolute Gasteiger partial charge is 0.314 e. The van der Waals surface area contributed by atoms with E-state index in [0.717, 1.165) is 18.0 Å². The number of rotatable bonds is 2. The number of hydrogen-bond acceptors (Lipinski definition) is 2. The van der Waals surface area contributed by atoms with Gasteiger partial charge in [-0.2, -0.15) is 0 Å². The van der Waals surface area contributed by atoms with Gasteiger partial charge in [0.1, 0.15) is 0 Å². The Bertz CT molecular complexity index is 157. The SMILES string of the molecule is CC1CCC(N(C)C2CNC2)CC1. The van der Waals surface area contributed by atoms with Crippen LogP contribution < -0.4 is 5.32 Å². The van der Waals surface area contributed by atoms with Crippen LogP contribution in [0, 0.1) is 5.92 Å². The zero-order valence-electron chi connectivity index (χ0n) is 8.92. The van der Waals surface area contributed by atoms with Gasteiger partial charge in [-0.15, -0.1) is 0 Å². The van der Waals surface area contributed by atoms with E-state index in [4.69, 9.17) is 0 Å². The van der Waals surface area contributed by atoms with E-state index in [1.807, 2.05) is 0 Å². The molecule has 0 amide bonds. The molecule has 1 aliphatic heterocycles. The number of likely N-dealkylation sites (N-methyl/N-ethyl adjacent to an activating group) is 1. The van der Waals surface area contributed by atoms with Gasteiger partial charge in [0, 0.05) is 25.2 Å². The highest BCUT2D eigenvalue weighted by atomic mass is 15.2. The molecule has 0 spiro atoms. The third-order valence-electron chi connectivity index (χ3n) is 3.90. The number of nitrogens with zero attached hydrogens (tertiary/aromatic N) is 1. The minimum atomic E-state index is 0.832. The van der Waals surface area contributed by atoms with Crippen LogP contribution in [0.25, 0.3) is 0 Å². The van der Waals surface area contributed by atoms with Gasteiger partial charge in [-0.1, -0.05) is 6.92 Å². The molecular formula is C11H22N2. The molecule has 0 bridgehead atoms. The average Bonchev–Trinajstić information content (AvgIpc) is 2.02. The first-order valence-electron chi connectivity index (χ1n) is 5.70. The van der Waals surface area contributed by atoms with Crippen LogP contribution in [0.3, 0.4) is 0 Å². The summed E-state index contributed by atoms with van der Waals surface area (Å²) in [6.07, 6.45) is 5.73. The van der Waals surface area contributed by atoms with Crippen LogP contribution in [0.15, 0.2) is 0 Å². The molecule has 0 aromatic carbocycles. The minimum absolute atomic E-state index is 0.832. The summed E-state index contributed by atoms with van der Waals surface area (Å²) in [6.45, 7) is 4.81. The Morgan fingerprint density at radius 2 is 1.62 bits per heavy atom. The van der Waals surface area contributed by atoms with Crippen LogP contribution >= 0.6 is 0 Å². The molecule has 0 aromatic rings. The van der Waals surface area contributed by atoms with Gasteiger partial charge in [-0.25, -0.2) is 0 Å². The molecule has 2 aliphatic rings. The number of nitrogens with one attached hydrogen (secondary N) is 1. The lowest BCUT2D eigenvalue weighted by atomic mass is 9.86. The molecule has 0 radical (unpaired) electrons. The van der Waals surface area contributed by atoms with Crippen molar-refractivity contribution in [3.8, 4) is 0 Å². The van der Waals surface area contributed by atoms with Crippen LogP contribution in [0.5, 0.6) is 0 Å². The van der Waals surface area contributed by atoms with Gasteiger partial charge in [0.15, 0.2) is 0 Å². The van der Waals surface area contributed by atoms with Crippen molar-refractivity contribution in [2.75, 3.05) is 20.1 Å². The molecule has 2 rings (SSSR count). The summed E-state index contributed by atoms with van der Waals surface area (Å²) in [5, 5.41) is 3.35. The van der Waals surface area contributed by atoms with Gasteiger partial charge in [-0.05, 0) is 38.6 Å². The minimum Gasteiger partial charge on any atom is -0.314 e. The topological polar surface area (TPSA) is 15.3 Å². The molecule has 1 heterocycles. The Morgan fingerprint density at radius 1 is 1.00 bits per heavy atom. The van der Waals surface area contributed by atoms with Crippen LogP contribution in [-0.4, -0.2) is 37.1 Å². The fourth-order valence-corrected chi connectivity index (χ4v) is 2.51. The van der Waals surface area contributed by atoms with Gasteiger partial charge >= 0.3 is 0 Å². The van der Waals surface area contributed by atoms with E-state index in [-0.39, 0.29) is 0 Å².